The van der Waals surface area contributed by atoms with Gasteiger partial charge in [-0.15, -0.1) is 0 Å². The first-order chi connectivity index (χ1) is 8.29. The van der Waals surface area contributed by atoms with Crippen LogP contribution < -0.4 is 10.6 Å². The second-order valence-corrected chi connectivity index (χ2v) is 6.58. The Morgan fingerprint density at radius 2 is 2.06 bits per heavy atom. The minimum absolute atomic E-state index is 0.0923. The lowest BCUT2D eigenvalue weighted by molar-refractivity contribution is -0.134. The van der Waals surface area contributed by atoms with Crippen LogP contribution in [0.15, 0.2) is 0 Å². The largest absolute Gasteiger partial charge is 0.396 e. The van der Waals surface area contributed by atoms with Crippen molar-refractivity contribution in [3.8, 4) is 0 Å². The molecule has 0 bridgehead atoms. The lowest BCUT2D eigenvalue weighted by Crippen LogP contribution is -2.53. The van der Waals surface area contributed by atoms with Crippen LogP contribution in [0.25, 0.3) is 0 Å². The number of aliphatic hydroxyl groups is 1. The van der Waals surface area contributed by atoms with Gasteiger partial charge < -0.3 is 15.7 Å². The van der Waals surface area contributed by atoms with Crippen LogP contribution in [0.5, 0.6) is 0 Å². The third-order valence-electron chi connectivity index (χ3n) is 4.09. The number of carbonyl (C=O) groups is 1. The maximum absolute atomic E-state index is 12.4. The summed E-state index contributed by atoms with van der Waals surface area (Å²) in [6, 6.07) is 0. The molecule has 0 radical (unpaired) electrons. The maximum Gasteiger partial charge on any atom is 0.226 e. The average molecular weight is 256 g/mol. The number of nitrogens with one attached hydrogen (secondary N) is 2. The second kappa shape index (κ2) is 6.02. The third kappa shape index (κ3) is 3.95. The van der Waals surface area contributed by atoms with Gasteiger partial charge in [0.2, 0.25) is 5.91 Å². The van der Waals surface area contributed by atoms with Gasteiger partial charge in [-0.1, -0.05) is 13.8 Å². The summed E-state index contributed by atoms with van der Waals surface area (Å²) in [6.45, 7) is 10.0. The van der Waals surface area contributed by atoms with E-state index in [-0.39, 0.29) is 23.5 Å². The summed E-state index contributed by atoms with van der Waals surface area (Å²) in [5.74, 6) is 0.478. The van der Waals surface area contributed by atoms with E-state index < -0.39 is 0 Å². The maximum atomic E-state index is 12.4. The normalized spacial score (nSPS) is 21.7. The molecule has 1 atom stereocenters. The van der Waals surface area contributed by atoms with E-state index in [9.17, 15) is 4.79 Å². The molecular formula is C14H28N2O2. The highest BCUT2D eigenvalue weighted by molar-refractivity contribution is 5.82. The summed E-state index contributed by atoms with van der Waals surface area (Å²) in [4.78, 5) is 12.4. The minimum Gasteiger partial charge on any atom is -0.396 e. The smallest absolute Gasteiger partial charge is 0.226 e. The standard InChI is InChI=1S/C14H28N2O2/c1-13(2,7-9-17)16-12(18)14(3,4)11-6-5-8-15-10-11/h11,15,17H,5-10H2,1-4H3,(H,16,18). The number of piperidine rings is 1. The van der Waals surface area contributed by atoms with Gasteiger partial charge in [0.1, 0.15) is 0 Å². The molecule has 4 heteroatoms. The first-order valence-electron chi connectivity index (χ1n) is 6.94. The van der Waals surface area contributed by atoms with Crippen LogP contribution in [-0.2, 0) is 4.79 Å². The zero-order valence-corrected chi connectivity index (χ0v) is 12.2. The number of carbonyl (C=O) groups excluding carboxylic acids is 1. The second-order valence-electron chi connectivity index (χ2n) is 6.58. The molecule has 1 aliphatic rings. The van der Waals surface area contributed by atoms with Crippen molar-refractivity contribution in [2.24, 2.45) is 11.3 Å². The zero-order valence-electron chi connectivity index (χ0n) is 12.2. The van der Waals surface area contributed by atoms with Crippen molar-refractivity contribution < 1.29 is 9.90 Å². The molecule has 1 amide bonds. The fourth-order valence-electron chi connectivity index (χ4n) is 2.46. The van der Waals surface area contributed by atoms with E-state index in [0.29, 0.717) is 12.3 Å². The molecule has 1 fully saturated rings. The number of aliphatic hydroxyl groups excluding tert-OH is 1. The van der Waals surface area contributed by atoms with Gasteiger partial charge in [0, 0.05) is 17.6 Å². The molecule has 1 saturated heterocycles. The van der Waals surface area contributed by atoms with Gasteiger partial charge in [0.25, 0.3) is 0 Å². The van der Waals surface area contributed by atoms with E-state index >= 15 is 0 Å². The fourth-order valence-corrected chi connectivity index (χ4v) is 2.46. The number of amides is 1. The Bertz CT molecular complexity index is 282. The minimum atomic E-state index is -0.361. The molecule has 1 rings (SSSR count). The topological polar surface area (TPSA) is 61.4 Å². The highest BCUT2D eigenvalue weighted by Gasteiger charge is 2.39. The van der Waals surface area contributed by atoms with E-state index in [2.05, 4.69) is 10.6 Å². The summed E-state index contributed by atoms with van der Waals surface area (Å²) < 4.78 is 0. The van der Waals surface area contributed by atoms with Gasteiger partial charge >= 0.3 is 0 Å². The summed E-state index contributed by atoms with van der Waals surface area (Å²) in [5.41, 5.74) is -0.703. The van der Waals surface area contributed by atoms with Crippen molar-refractivity contribution in [2.75, 3.05) is 19.7 Å². The molecule has 0 aromatic rings. The fraction of sp³-hybridized carbons (Fsp3) is 0.929. The van der Waals surface area contributed by atoms with Gasteiger partial charge in [-0.3, -0.25) is 4.79 Å². The van der Waals surface area contributed by atoms with Crippen molar-refractivity contribution >= 4 is 5.91 Å². The first-order valence-corrected chi connectivity index (χ1v) is 6.94. The molecule has 0 spiro atoms. The molecular weight excluding hydrogens is 228 g/mol. The van der Waals surface area contributed by atoms with Crippen LogP contribution in [0.4, 0.5) is 0 Å². The Balaban J connectivity index is 2.63. The molecule has 0 saturated carbocycles. The van der Waals surface area contributed by atoms with Crippen molar-refractivity contribution in [2.45, 2.75) is 52.5 Å². The quantitative estimate of drug-likeness (QED) is 0.694. The lowest BCUT2D eigenvalue weighted by Gasteiger charge is -2.38. The van der Waals surface area contributed by atoms with Crippen LogP contribution in [0, 0.1) is 11.3 Å². The van der Waals surface area contributed by atoms with E-state index in [1.807, 2.05) is 27.7 Å². The molecule has 4 nitrogen and oxygen atoms in total. The van der Waals surface area contributed by atoms with Crippen LogP contribution in [0.3, 0.4) is 0 Å². The van der Waals surface area contributed by atoms with Crippen molar-refractivity contribution in [1.29, 1.82) is 0 Å². The van der Waals surface area contributed by atoms with Crippen molar-refractivity contribution in [3.63, 3.8) is 0 Å². The van der Waals surface area contributed by atoms with Gasteiger partial charge in [0.05, 0.1) is 0 Å². The van der Waals surface area contributed by atoms with Crippen LogP contribution >= 0.6 is 0 Å². The molecule has 0 aliphatic carbocycles. The van der Waals surface area contributed by atoms with Crippen LogP contribution in [0.1, 0.15) is 47.0 Å². The molecule has 1 aliphatic heterocycles. The third-order valence-corrected chi connectivity index (χ3v) is 4.09. The highest BCUT2D eigenvalue weighted by Crippen LogP contribution is 2.32. The molecule has 0 aromatic carbocycles. The van der Waals surface area contributed by atoms with Gasteiger partial charge in [-0.2, -0.15) is 0 Å². The van der Waals surface area contributed by atoms with E-state index in [1.54, 1.807) is 0 Å². The summed E-state index contributed by atoms with van der Waals surface area (Å²) in [7, 11) is 0. The van der Waals surface area contributed by atoms with Crippen LogP contribution in [0.2, 0.25) is 0 Å². The average Bonchev–Trinajstić information content (AvgIpc) is 2.29. The van der Waals surface area contributed by atoms with Gasteiger partial charge in [-0.25, -0.2) is 0 Å². The Hall–Kier alpha value is -0.610. The Kier molecular flexibility index (Phi) is 5.17. The van der Waals surface area contributed by atoms with Crippen LogP contribution in [-0.4, -0.2) is 36.2 Å². The Morgan fingerprint density at radius 3 is 2.56 bits per heavy atom. The zero-order chi connectivity index (χ0) is 13.8. The number of hydrogen-bond acceptors (Lipinski definition) is 3. The van der Waals surface area contributed by atoms with E-state index in [1.165, 1.54) is 0 Å². The predicted octanol–water partition coefficient (Wildman–Crippen LogP) is 1.29. The SMILES string of the molecule is CC(C)(CCO)NC(=O)C(C)(C)C1CCCNC1. The van der Waals surface area contributed by atoms with Crippen molar-refractivity contribution in [3.05, 3.63) is 0 Å². The summed E-state index contributed by atoms with van der Waals surface area (Å²) in [5, 5.41) is 15.4. The molecule has 0 aromatic heterocycles. The Labute approximate surface area is 111 Å². The molecule has 18 heavy (non-hydrogen) atoms. The van der Waals surface area contributed by atoms with Gasteiger partial charge in [-0.05, 0) is 52.1 Å². The number of hydrogen-bond donors (Lipinski definition) is 3. The predicted molar refractivity (Wildman–Crippen MR) is 73.3 cm³/mol. The lowest BCUT2D eigenvalue weighted by atomic mass is 9.74. The molecule has 1 unspecified atom stereocenters. The van der Waals surface area contributed by atoms with E-state index in [4.69, 9.17) is 5.11 Å². The number of rotatable bonds is 5. The highest BCUT2D eigenvalue weighted by atomic mass is 16.3. The van der Waals surface area contributed by atoms with Crippen molar-refractivity contribution in [1.82, 2.24) is 10.6 Å². The molecule has 3 N–H and O–H groups in total. The molecule has 1 heterocycles. The molecule has 106 valence electrons. The first kappa shape index (κ1) is 15.4. The summed E-state index contributed by atoms with van der Waals surface area (Å²) in [6.07, 6.45) is 2.83. The summed E-state index contributed by atoms with van der Waals surface area (Å²) >= 11 is 0. The monoisotopic (exact) mass is 256 g/mol. The van der Waals surface area contributed by atoms with E-state index in [0.717, 1.165) is 25.9 Å². The van der Waals surface area contributed by atoms with Gasteiger partial charge in [0.15, 0.2) is 0 Å². The Morgan fingerprint density at radius 1 is 1.39 bits per heavy atom.